The van der Waals surface area contributed by atoms with Gasteiger partial charge in [-0.2, -0.15) is 0 Å². The summed E-state index contributed by atoms with van der Waals surface area (Å²) < 4.78 is 5.39. The number of likely N-dealkylation sites (N-methyl/N-ethyl adjacent to an activating group) is 1. The first-order valence-electron chi connectivity index (χ1n) is 7.38. The number of benzene rings is 2. The Morgan fingerprint density at radius 1 is 1.17 bits per heavy atom. The third-order valence-electron chi connectivity index (χ3n) is 3.43. The molecule has 0 bridgehead atoms. The Bertz CT molecular complexity index is 760. The molecular weight excluding hydrogens is 328 g/mol. The molecule has 0 aliphatic rings. The van der Waals surface area contributed by atoms with E-state index in [1.54, 1.807) is 38.4 Å². The zero-order valence-corrected chi connectivity index (χ0v) is 14.6. The molecule has 0 saturated heterocycles. The standard InChI is InChI=1S/C18H19ClN2O3/c1-12-6-4-5-7-14(12)18(23)20-13-8-9-16(15(19)10-13)24-11-17(22)21(2)3/h4-10H,11H2,1-3H3,(H,20,23). The molecule has 1 N–H and O–H groups in total. The van der Waals surface area contributed by atoms with E-state index in [1.165, 1.54) is 4.90 Å². The van der Waals surface area contributed by atoms with E-state index in [0.717, 1.165) is 5.56 Å². The zero-order valence-electron chi connectivity index (χ0n) is 13.8. The zero-order chi connectivity index (χ0) is 17.7. The number of carbonyl (C=O) groups is 2. The first-order valence-corrected chi connectivity index (χ1v) is 7.75. The van der Waals surface area contributed by atoms with Crippen LogP contribution in [0.15, 0.2) is 42.5 Å². The van der Waals surface area contributed by atoms with Gasteiger partial charge in [0.2, 0.25) is 0 Å². The van der Waals surface area contributed by atoms with Crippen molar-refractivity contribution in [3.8, 4) is 5.75 Å². The van der Waals surface area contributed by atoms with Crippen LogP contribution in [0.5, 0.6) is 5.75 Å². The fourth-order valence-electron chi connectivity index (χ4n) is 1.99. The highest BCUT2D eigenvalue weighted by Gasteiger charge is 2.11. The van der Waals surface area contributed by atoms with E-state index >= 15 is 0 Å². The third-order valence-corrected chi connectivity index (χ3v) is 3.72. The van der Waals surface area contributed by atoms with E-state index in [0.29, 0.717) is 22.0 Å². The van der Waals surface area contributed by atoms with Gasteiger partial charge in [0.15, 0.2) is 6.61 Å². The second kappa shape index (κ2) is 7.84. The molecular formula is C18H19ClN2O3. The quantitative estimate of drug-likeness (QED) is 0.903. The number of rotatable bonds is 5. The van der Waals surface area contributed by atoms with Crippen LogP contribution in [-0.2, 0) is 4.79 Å². The average Bonchev–Trinajstić information content (AvgIpc) is 2.54. The van der Waals surface area contributed by atoms with Crippen LogP contribution in [0.1, 0.15) is 15.9 Å². The molecule has 2 aromatic carbocycles. The maximum absolute atomic E-state index is 12.3. The van der Waals surface area contributed by atoms with Crippen LogP contribution in [0.4, 0.5) is 5.69 Å². The molecule has 2 amide bonds. The van der Waals surface area contributed by atoms with Crippen LogP contribution in [0, 0.1) is 6.92 Å². The van der Waals surface area contributed by atoms with Gasteiger partial charge in [0.1, 0.15) is 5.75 Å². The number of amides is 2. The summed E-state index contributed by atoms with van der Waals surface area (Å²) in [7, 11) is 3.30. The molecule has 2 aromatic rings. The second-order valence-electron chi connectivity index (χ2n) is 5.49. The SMILES string of the molecule is Cc1ccccc1C(=O)Nc1ccc(OCC(=O)N(C)C)c(Cl)c1. The molecule has 0 saturated carbocycles. The maximum Gasteiger partial charge on any atom is 0.259 e. The van der Waals surface area contributed by atoms with Gasteiger partial charge in [-0.25, -0.2) is 0 Å². The summed E-state index contributed by atoms with van der Waals surface area (Å²) in [6.45, 7) is 1.78. The molecule has 5 nitrogen and oxygen atoms in total. The van der Waals surface area contributed by atoms with Gasteiger partial charge in [0, 0.05) is 25.3 Å². The average molecular weight is 347 g/mol. The van der Waals surface area contributed by atoms with E-state index in [2.05, 4.69) is 5.32 Å². The summed E-state index contributed by atoms with van der Waals surface area (Å²) in [6.07, 6.45) is 0. The lowest BCUT2D eigenvalue weighted by Gasteiger charge is -2.13. The Balaban J connectivity index is 2.05. The van der Waals surface area contributed by atoms with E-state index in [1.807, 2.05) is 25.1 Å². The van der Waals surface area contributed by atoms with Crippen LogP contribution in [0.25, 0.3) is 0 Å². The van der Waals surface area contributed by atoms with Crippen molar-refractivity contribution in [2.75, 3.05) is 26.0 Å². The Hall–Kier alpha value is -2.53. The maximum atomic E-state index is 12.3. The number of hydrogen-bond acceptors (Lipinski definition) is 3. The molecule has 0 unspecified atom stereocenters. The van der Waals surface area contributed by atoms with Crippen LogP contribution in [0.3, 0.4) is 0 Å². The molecule has 0 radical (unpaired) electrons. The van der Waals surface area contributed by atoms with Gasteiger partial charge < -0.3 is 15.0 Å². The monoisotopic (exact) mass is 346 g/mol. The third kappa shape index (κ3) is 4.49. The molecule has 2 rings (SSSR count). The molecule has 0 heterocycles. The van der Waals surface area contributed by atoms with Crippen molar-refractivity contribution in [1.29, 1.82) is 0 Å². The molecule has 126 valence electrons. The minimum absolute atomic E-state index is 0.0956. The highest BCUT2D eigenvalue weighted by atomic mass is 35.5. The van der Waals surface area contributed by atoms with E-state index in [9.17, 15) is 9.59 Å². The summed E-state index contributed by atoms with van der Waals surface area (Å²) in [5, 5.41) is 3.12. The number of carbonyl (C=O) groups excluding carboxylic acids is 2. The van der Waals surface area contributed by atoms with Crippen molar-refractivity contribution in [3.05, 3.63) is 58.6 Å². The number of halogens is 1. The van der Waals surface area contributed by atoms with Crippen molar-refractivity contribution in [2.45, 2.75) is 6.92 Å². The molecule has 6 heteroatoms. The summed E-state index contributed by atoms with van der Waals surface area (Å²) in [4.78, 5) is 25.3. The van der Waals surface area contributed by atoms with Crippen molar-refractivity contribution in [1.82, 2.24) is 4.90 Å². The highest BCUT2D eigenvalue weighted by Crippen LogP contribution is 2.28. The van der Waals surface area contributed by atoms with Gasteiger partial charge in [-0.05, 0) is 36.8 Å². The lowest BCUT2D eigenvalue weighted by atomic mass is 10.1. The highest BCUT2D eigenvalue weighted by molar-refractivity contribution is 6.32. The molecule has 0 aliphatic carbocycles. The van der Waals surface area contributed by atoms with Crippen molar-refractivity contribution in [3.63, 3.8) is 0 Å². The lowest BCUT2D eigenvalue weighted by Crippen LogP contribution is -2.27. The molecule has 0 fully saturated rings. The Morgan fingerprint density at radius 2 is 1.88 bits per heavy atom. The van der Waals surface area contributed by atoms with E-state index in [-0.39, 0.29) is 18.4 Å². The summed E-state index contributed by atoms with van der Waals surface area (Å²) in [5.41, 5.74) is 2.05. The Morgan fingerprint density at radius 3 is 2.50 bits per heavy atom. The van der Waals surface area contributed by atoms with Gasteiger partial charge >= 0.3 is 0 Å². The topological polar surface area (TPSA) is 58.6 Å². The molecule has 24 heavy (non-hydrogen) atoms. The largest absolute Gasteiger partial charge is 0.482 e. The first-order chi connectivity index (χ1) is 11.4. The van der Waals surface area contributed by atoms with Crippen LogP contribution in [-0.4, -0.2) is 37.4 Å². The fraction of sp³-hybridized carbons (Fsp3) is 0.222. The summed E-state index contributed by atoms with van der Waals surface area (Å²) in [6, 6.07) is 12.2. The normalized spacial score (nSPS) is 10.2. The van der Waals surface area contributed by atoms with Crippen LogP contribution >= 0.6 is 11.6 Å². The lowest BCUT2D eigenvalue weighted by molar-refractivity contribution is -0.130. The Kier molecular flexibility index (Phi) is 5.82. The summed E-state index contributed by atoms with van der Waals surface area (Å²) >= 11 is 6.15. The minimum atomic E-state index is -0.208. The van der Waals surface area contributed by atoms with E-state index < -0.39 is 0 Å². The smallest absolute Gasteiger partial charge is 0.259 e. The van der Waals surface area contributed by atoms with Crippen LogP contribution < -0.4 is 10.1 Å². The molecule has 0 aliphatic heterocycles. The molecule has 0 atom stereocenters. The number of nitrogens with one attached hydrogen (secondary N) is 1. The molecule has 0 aromatic heterocycles. The van der Waals surface area contributed by atoms with Gasteiger partial charge in [0.25, 0.3) is 11.8 Å². The van der Waals surface area contributed by atoms with Crippen molar-refractivity contribution in [2.24, 2.45) is 0 Å². The van der Waals surface area contributed by atoms with E-state index in [4.69, 9.17) is 16.3 Å². The van der Waals surface area contributed by atoms with Gasteiger partial charge in [-0.3, -0.25) is 9.59 Å². The van der Waals surface area contributed by atoms with Gasteiger partial charge in [-0.15, -0.1) is 0 Å². The predicted octanol–water partition coefficient (Wildman–Crippen LogP) is 3.37. The van der Waals surface area contributed by atoms with Crippen molar-refractivity contribution >= 4 is 29.1 Å². The summed E-state index contributed by atoms with van der Waals surface area (Å²) in [5.74, 6) is 0.0179. The van der Waals surface area contributed by atoms with Gasteiger partial charge in [0.05, 0.1) is 5.02 Å². The Labute approximate surface area is 146 Å². The van der Waals surface area contributed by atoms with Gasteiger partial charge in [-0.1, -0.05) is 29.8 Å². The minimum Gasteiger partial charge on any atom is -0.482 e. The number of hydrogen-bond donors (Lipinski definition) is 1. The second-order valence-corrected chi connectivity index (χ2v) is 5.90. The number of aryl methyl sites for hydroxylation is 1. The van der Waals surface area contributed by atoms with Crippen LogP contribution in [0.2, 0.25) is 5.02 Å². The number of anilines is 1. The number of nitrogens with zero attached hydrogens (tertiary/aromatic N) is 1. The molecule has 0 spiro atoms. The van der Waals surface area contributed by atoms with Crippen molar-refractivity contribution < 1.29 is 14.3 Å². The fourth-order valence-corrected chi connectivity index (χ4v) is 2.23. The first kappa shape index (κ1) is 17.8. The number of ether oxygens (including phenoxy) is 1. The predicted molar refractivity (Wildman–Crippen MR) is 94.8 cm³/mol.